The first-order chi connectivity index (χ1) is 10.6. The van der Waals surface area contributed by atoms with Gasteiger partial charge < -0.3 is 9.47 Å². The molecule has 0 N–H and O–H groups in total. The van der Waals surface area contributed by atoms with Crippen molar-refractivity contribution in [2.45, 2.75) is 25.6 Å². The zero-order valence-electron chi connectivity index (χ0n) is 13.2. The number of halogens is 1. The second-order valence-corrected chi connectivity index (χ2v) is 6.30. The summed E-state index contributed by atoms with van der Waals surface area (Å²) in [6.45, 7) is 3.45. The predicted molar refractivity (Wildman–Crippen MR) is 84.9 cm³/mol. The molecule has 1 aromatic carbocycles. The zero-order chi connectivity index (χ0) is 15.5. The summed E-state index contributed by atoms with van der Waals surface area (Å²) in [5, 5.41) is 0. The van der Waals surface area contributed by atoms with Gasteiger partial charge in [-0.1, -0.05) is 18.2 Å². The fraction of sp³-hybridized carbons (Fsp3) is 0.471. The highest BCUT2D eigenvalue weighted by Gasteiger charge is 2.25. The van der Waals surface area contributed by atoms with Crippen LogP contribution in [0.3, 0.4) is 0 Å². The fourth-order valence-corrected chi connectivity index (χ4v) is 3.09. The van der Waals surface area contributed by atoms with Crippen LogP contribution >= 0.6 is 0 Å². The van der Waals surface area contributed by atoms with Gasteiger partial charge in [0, 0.05) is 37.4 Å². The maximum atomic E-state index is 13.9. The molecule has 0 fully saturated rings. The van der Waals surface area contributed by atoms with E-state index in [2.05, 4.69) is 33.4 Å². The van der Waals surface area contributed by atoms with E-state index in [-0.39, 0.29) is 5.82 Å². The van der Waals surface area contributed by atoms with Crippen molar-refractivity contribution in [3.05, 3.63) is 53.9 Å². The summed E-state index contributed by atoms with van der Waals surface area (Å²) in [6.07, 6.45) is 4.93. The number of benzene rings is 1. The molecule has 2 heterocycles. The van der Waals surface area contributed by atoms with E-state index in [0.29, 0.717) is 12.6 Å². The lowest BCUT2D eigenvalue weighted by molar-refractivity contribution is 0.163. The monoisotopic (exact) mass is 302 g/mol. The van der Waals surface area contributed by atoms with Gasteiger partial charge in [-0.2, -0.15) is 0 Å². The molecule has 2 aromatic rings. The molecule has 118 valence electrons. The molecule has 0 radical (unpaired) electrons. The van der Waals surface area contributed by atoms with E-state index in [1.807, 2.05) is 24.7 Å². The van der Waals surface area contributed by atoms with Gasteiger partial charge in [-0.3, -0.25) is 4.90 Å². The molecule has 3 rings (SSSR count). The Morgan fingerprint density at radius 3 is 2.91 bits per heavy atom. The number of nitrogens with zero attached hydrogens (tertiary/aromatic N) is 4. The maximum Gasteiger partial charge on any atom is 0.127 e. The summed E-state index contributed by atoms with van der Waals surface area (Å²) in [5.41, 5.74) is 1.98. The smallest absolute Gasteiger partial charge is 0.127 e. The molecule has 0 unspecified atom stereocenters. The number of fused-ring (bicyclic) bond motifs is 1. The summed E-state index contributed by atoms with van der Waals surface area (Å²) in [4.78, 5) is 8.80. The molecule has 1 atom stereocenters. The summed E-state index contributed by atoms with van der Waals surface area (Å²) >= 11 is 0. The fourth-order valence-electron chi connectivity index (χ4n) is 3.09. The van der Waals surface area contributed by atoms with Gasteiger partial charge in [-0.15, -0.1) is 0 Å². The standard InChI is InChI=1S/C17H23FN4/c1-20(2)8-7-15-11-21(12-16-9-19-13-22(15)16)10-14-5-3-4-6-17(14)18/h3-6,9,13,15H,7-8,10-12H2,1-2H3/t15-/m1/s1. The molecule has 0 amide bonds. The van der Waals surface area contributed by atoms with Gasteiger partial charge in [0.05, 0.1) is 12.0 Å². The number of rotatable bonds is 5. The Kier molecular flexibility index (Phi) is 4.55. The Hall–Kier alpha value is -1.72. The molecule has 0 saturated carbocycles. The van der Waals surface area contributed by atoms with Crippen molar-refractivity contribution in [2.24, 2.45) is 0 Å². The van der Waals surface area contributed by atoms with Crippen LogP contribution in [0.4, 0.5) is 4.39 Å². The molecule has 1 aliphatic rings. The van der Waals surface area contributed by atoms with Gasteiger partial charge in [0.2, 0.25) is 0 Å². The third kappa shape index (κ3) is 3.36. The van der Waals surface area contributed by atoms with Gasteiger partial charge in [0.15, 0.2) is 0 Å². The Morgan fingerprint density at radius 1 is 1.32 bits per heavy atom. The molecular formula is C17H23FN4. The van der Waals surface area contributed by atoms with E-state index in [4.69, 9.17) is 0 Å². The van der Waals surface area contributed by atoms with E-state index >= 15 is 0 Å². The minimum absolute atomic E-state index is 0.119. The molecule has 0 aliphatic carbocycles. The second-order valence-electron chi connectivity index (χ2n) is 6.30. The predicted octanol–water partition coefficient (Wildman–Crippen LogP) is 2.53. The molecule has 1 aromatic heterocycles. The van der Waals surface area contributed by atoms with Crippen molar-refractivity contribution >= 4 is 0 Å². The average molecular weight is 302 g/mol. The normalized spacial score (nSPS) is 18.6. The topological polar surface area (TPSA) is 24.3 Å². The van der Waals surface area contributed by atoms with Gasteiger partial charge in [-0.05, 0) is 33.1 Å². The lowest BCUT2D eigenvalue weighted by Gasteiger charge is -2.35. The number of hydrogen-bond donors (Lipinski definition) is 0. The maximum absolute atomic E-state index is 13.9. The van der Waals surface area contributed by atoms with Gasteiger partial charge in [-0.25, -0.2) is 9.37 Å². The van der Waals surface area contributed by atoms with Crippen LogP contribution in [-0.4, -0.2) is 46.5 Å². The van der Waals surface area contributed by atoms with Crippen LogP contribution in [0.1, 0.15) is 23.7 Å². The van der Waals surface area contributed by atoms with Crippen LogP contribution in [0.2, 0.25) is 0 Å². The van der Waals surface area contributed by atoms with E-state index in [0.717, 1.165) is 31.6 Å². The van der Waals surface area contributed by atoms with E-state index < -0.39 is 0 Å². The Labute approximate surface area is 131 Å². The molecule has 0 bridgehead atoms. The van der Waals surface area contributed by atoms with Gasteiger partial charge in [0.25, 0.3) is 0 Å². The molecule has 4 nitrogen and oxygen atoms in total. The Morgan fingerprint density at radius 2 is 2.14 bits per heavy atom. The molecule has 22 heavy (non-hydrogen) atoms. The van der Waals surface area contributed by atoms with Gasteiger partial charge >= 0.3 is 0 Å². The molecular weight excluding hydrogens is 279 g/mol. The minimum Gasteiger partial charge on any atom is -0.329 e. The summed E-state index contributed by atoms with van der Waals surface area (Å²) in [7, 11) is 4.18. The average Bonchev–Trinajstić information content (AvgIpc) is 2.95. The van der Waals surface area contributed by atoms with Crippen LogP contribution in [0.15, 0.2) is 36.8 Å². The second kappa shape index (κ2) is 6.58. The Balaban J connectivity index is 1.74. The van der Waals surface area contributed by atoms with Crippen LogP contribution < -0.4 is 0 Å². The molecule has 5 heteroatoms. The van der Waals surface area contributed by atoms with Crippen LogP contribution in [0.5, 0.6) is 0 Å². The van der Waals surface area contributed by atoms with Crippen molar-refractivity contribution < 1.29 is 4.39 Å². The number of aromatic nitrogens is 2. The van der Waals surface area contributed by atoms with Crippen LogP contribution in [-0.2, 0) is 13.1 Å². The first-order valence-electron chi connectivity index (χ1n) is 7.74. The highest BCUT2D eigenvalue weighted by atomic mass is 19.1. The highest BCUT2D eigenvalue weighted by Crippen LogP contribution is 2.25. The third-order valence-corrected chi connectivity index (χ3v) is 4.26. The first-order valence-corrected chi connectivity index (χ1v) is 7.74. The number of imidazole rings is 1. The van der Waals surface area contributed by atoms with Gasteiger partial charge in [0.1, 0.15) is 5.82 Å². The number of hydrogen-bond acceptors (Lipinski definition) is 3. The summed E-state index contributed by atoms with van der Waals surface area (Å²) < 4.78 is 16.2. The minimum atomic E-state index is -0.119. The molecule has 0 saturated heterocycles. The van der Waals surface area contributed by atoms with Crippen molar-refractivity contribution in [2.75, 3.05) is 27.2 Å². The van der Waals surface area contributed by atoms with E-state index in [9.17, 15) is 4.39 Å². The van der Waals surface area contributed by atoms with Crippen LogP contribution in [0.25, 0.3) is 0 Å². The molecule has 0 spiro atoms. The quantitative estimate of drug-likeness (QED) is 0.848. The lowest BCUT2D eigenvalue weighted by Crippen LogP contribution is -2.37. The SMILES string of the molecule is CN(C)CC[C@@H]1CN(Cc2ccccc2F)Cc2cncn21. The lowest BCUT2D eigenvalue weighted by atomic mass is 10.1. The van der Waals surface area contributed by atoms with Crippen molar-refractivity contribution in [3.8, 4) is 0 Å². The third-order valence-electron chi connectivity index (χ3n) is 4.26. The van der Waals surface area contributed by atoms with Crippen LogP contribution in [0, 0.1) is 5.82 Å². The van der Waals surface area contributed by atoms with Crippen molar-refractivity contribution in [3.63, 3.8) is 0 Å². The largest absolute Gasteiger partial charge is 0.329 e. The van der Waals surface area contributed by atoms with Crippen molar-refractivity contribution in [1.29, 1.82) is 0 Å². The highest BCUT2D eigenvalue weighted by molar-refractivity contribution is 5.17. The Bertz CT molecular complexity index is 623. The van der Waals surface area contributed by atoms with Crippen molar-refractivity contribution in [1.82, 2.24) is 19.4 Å². The first kappa shape index (κ1) is 15.2. The molecule has 1 aliphatic heterocycles. The zero-order valence-corrected chi connectivity index (χ0v) is 13.2. The summed E-state index contributed by atoms with van der Waals surface area (Å²) in [5.74, 6) is -0.119. The summed E-state index contributed by atoms with van der Waals surface area (Å²) in [6, 6.07) is 7.45. The van der Waals surface area contributed by atoms with E-state index in [1.54, 1.807) is 6.07 Å². The van der Waals surface area contributed by atoms with E-state index in [1.165, 1.54) is 11.8 Å².